The van der Waals surface area contributed by atoms with E-state index in [1.54, 1.807) is 23.4 Å². The highest BCUT2D eigenvalue weighted by Gasteiger charge is 2.02. The maximum absolute atomic E-state index is 4.30. The molecule has 0 aliphatic rings. The molecule has 2 heterocycles. The summed E-state index contributed by atoms with van der Waals surface area (Å²) >= 11 is 4.13. The third-order valence-electron chi connectivity index (χ3n) is 1.80. The van der Waals surface area contributed by atoms with Crippen LogP contribution in [-0.2, 0) is 6.54 Å². The number of pyridine rings is 1. The molecule has 2 rings (SSSR count). The van der Waals surface area contributed by atoms with Crippen molar-refractivity contribution >= 4 is 12.6 Å². The number of aromatic nitrogens is 4. The maximum atomic E-state index is 4.30. The van der Waals surface area contributed by atoms with E-state index in [0.29, 0.717) is 0 Å². The lowest BCUT2D eigenvalue weighted by atomic mass is 10.3. The van der Waals surface area contributed by atoms with Gasteiger partial charge in [0.2, 0.25) is 0 Å². The average Bonchev–Trinajstić information content (AvgIpc) is 2.68. The summed E-state index contributed by atoms with van der Waals surface area (Å²) in [6.45, 7) is 0.779. The van der Waals surface area contributed by atoms with Gasteiger partial charge in [0, 0.05) is 23.7 Å². The maximum Gasteiger partial charge on any atom is 0.181 e. The van der Waals surface area contributed by atoms with Crippen LogP contribution >= 0.6 is 12.6 Å². The Kier molecular flexibility index (Phi) is 2.78. The fourth-order valence-electron chi connectivity index (χ4n) is 1.14. The normalized spacial score (nSPS) is 10.4. The Morgan fingerprint density at radius 1 is 1.29 bits per heavy atom. The van der Waals surface area contributed by atoms with Gasteiger partial charge in [0.1, 0.15) is 6.33 Å². The minimum Gasteiger partial charge on any atom is -0.265 e. The second-order valence-corrected chi connectivity index (χ2v) is 3.24. The van der Waals surface area contributed by atoms with Gasteiger partial charge in [-0.25, -0.2) is 4.98 Å². The van der Waals surface area contributed by atoms with Crippen LogP contribution < -0.4 is 0 Å². The van der Waals surface area contributed by atoms with Gasteiger partial charge < -0.3 is 0 Å². The molecule has 0 aliphatic carbocycles. The van der Waals surface area contributed by atoms with Crippen LogP contribution in [0.1, 0.15) is 0 Å². The Hall–Kier alpha value is -1.36. The summed E-state index contributed by atoms with van der Waals surface area (Å²) in [5, 5.41) is 4.30. The van der Waals surface area contributed by atoms with Gasteiger partial charge in [-0.3, -0.25) is 9.67 Å². The van der Waals surface area contributed by atoms with Crippen molar-refractivity contribution in [2.75, 3.05) is 5.75 Å². The van der Waals surface area contributed by atoms with Crippen LogP contribution in [0, 0.1) is 0 Å². The molecular formula is C9H10N4S. The molecule has 0 aromatic carbocycles. The zero-order valence-electron chi connectivity index (χ0n) is 7.54. The molecule has 0 N–H and O–H groups in total. The largest absolute Gasteiger partial charge is 0.265 e. The third-order valence-corrected chi connectivity index (χ3v) is 2.00. The van der Waals surface area contributed by atoms with Gasteiger partial charge in [-0.1, -0.05) is 0 Å². The number of hydrogen-bond acceptors (Lipinski definition) is 4. The minimum absolute atomic E-state index is 0.731. The van der Waals surface area contributed by atoms with Crippen LogP contribution in [0.3, 0.4) is 0 Å². The summed E-state index contributed by atoms with van der Waals surface area (Å²) in [4.78, 5) is 8.13. The molecule has 5 heteroatoms. The van der Waals surface area contributed by atoms with Gasteiger partial charge in [-0.15, -0.1) is 0 Å². The lowest BCUT2D eigenvalue weighted by Gasteiger charge is -1.94. The van der Waals surface area contributed by atoms with E-state index in [1.807, 2.05) is 12.1 Å². The molecular weight excluding hydrogens is 196 g/mol. The molecule has 0 atom stereocenters. The molecule has 0 unspecified atom stereocenters. The Morgan fingerprint density at radius 2 is 2.07 bits per heavy atom. The van der Waals surface area contributed by atoms with Crippen molar-refractivity contribution in [3.05, 3.63) is 30.9 Å². The number of thiol groups is 1. The molecule has 72 valence electrons. The lowest BCUT2D eigenvalue weighted by molar-refractivity contribution is 0.667. The molecule has 0 spiro atoms. The van der Waals surface area contributed by atoms with Crippen LogP contribution in [-0.4, -0.2) is 25.5 Å². The predicted octanol–water partition coefficient (Wildman–Crippen LogP) is 1.27. The Morgan fingerprint density at radius 3 is 2.79 bits per heavy atom. The topological polar surface area (TPSA) is 43.6 Å². The van der Waals surface area contributed by atoms with E-state index in [2.05, 4.69) is 27.7 Å². The second kappa shape index (κ2) is 4.23. The van der Waals surface area contributed by atoms with Crippen molar-refractivity contribution < 1.29 is 0 Å². The molecule has 0 radical (unpaired) electrons. The van der Waals surface area contributed by atoms with Crippen molar-refractivity contribution in [1.82, 2.24) is 19.7 Å². The quantitative estimate of drug-likeness (QED) is 0.769. The van der Waals surface area contributed by atoms with E-state index >= 15 is 0 Å². The van der Waals surface area contributed by atoms with Crippen LogP contribution in [0.2, 0.25) is 0 Å². The SMILES string of the molecule is SCCn1cnc(-c2ccncc2)n1. The summed E-state index contributed by atoms with van der Waals surface area (Å²) in [7, 11) is 0. The first-order valence-corrected chi connectivity index (χ1v) is 4.94. The number of hydrogen-bond donors (Lipinski definition) is 1. The van der Waals surface area contributed by atoms with Crippen LogP contribution in [0.25, 0.3) is 11.4 Å². The zero-order valence-corrected chi connectivity index (χ0v) is 8.43. The van der Waals surface area contributed by atoms with Crippen molar-refractivity contribution in [2.45, 2.75) is 6.54 Å². The smallest absolute Gasteiger partial charge is 0.181 e. The minimum atomic E-state index is 0.731. The first-order chi connectivity index (χ1) is 6.90. The van der Waals surface area contributed by atoms with E-state index in [-0.39, 0.29) is 0 Å². The molecule has 0 aliphatic heterocycles. The summed E-state index contributed by atoms with van der Waals surface area (Å²) < 4.78 is 1.78. The molecule has 0 fully saturated rings. The zero-order chi connectivity index (χ0) is 9.80. The molecule has 14 heavy (non-hydrogen) atoms. The number of rotatable bonds is 3. The highest BCUT2D eigenvalue weighted by atomic mass is 32.1. The molecule has 4 nitrogen and oxygen atoms in total. The van der Waals surface area contributed by atoms with Crippen LogP contribution in [0.15, 0.2) is 30.9 Å². The fraction of sp³-hybridized carbons (Fsp3) is 0.222. The van der Waals surface area contributed by atoms with E-state index in [0.717, 1.165) is 23.7 Å². The van der Waals surface area contributed by atoms with Crippen molar-refractivity contribution in [2.24, 2.45) is 0 Å². The van der Waals surface area contributed by atoms with Gasteiger partial charge in [-0.2, -0.15) is 17.7 Å². The predicted molar refractivity (Wildman–Crippen MR) is 57.1 cm³/mol. The Balaban J connectivity index is 2.25. The summed E-state index contributed by atoms with van der Waals surface area (Å²) in [6, 6.07) is 3.78. The van der Waals surface area contributed by atoms with Gasteiger partial charge in [0.15, 0.2) is 5.82 Å². The Bertz CT molecular complexity index is 398. The van der Waals surface area contributed by atoms with Gasteiger partial charge in [0.05, 0.1) is 6.54 Å². The Labute approximate surface area is 87.4 Å². The highest BCUT2D eigenvalue weighted by Crippen LogP contribution is 2.11. The first-order valence-electron chi connectivity index (χ1n) is 4.31. The van der Waals surface area contributed by atoms with E-state index < -0.39 is 0 Å². The molecule has 0 amide bonds. The summed E-state index contributed by atoms with van der Waals surface area (Å²) in [5.74, 6) is 1.49. The summed E-state index contributed by atoms with van der Waals surface area (Å²) in [6.07, 6.45) is 5.18. The molecule has 2 aromatic heterocycles. The van der Waals surface area contributed by atoms with E-state index in [4.69, 9.17) is 0 Å². The van der Waals surface area contributed by atoms with Crippen molar-refractivity contribution in [3.8, 4) is 11.4 Å². The number of nitrogens with zero attached hydrogens (tertiary/aromatic N) is 4. The van der Waals surface area contributed by atoms with Gasteiger partial charge >= 0.3 is 0 Å². The molecule has 0 saturated heterocycles. The third kappa shape index (κ3) is 1.93. The van der Waals surface area contributed by atoms with E-state index in [1.165, 1.54) is 0 Å². The van der Waals surface area contributed by atoms with Crippen LogP contribution in [0.4, 0.5) is 0 Å². The molecule has 2 aromatic rings. The summed E-state index contributed by atoms with van der Waals surface area (Å²) in [5.41, 5.74) is 0.984. The standard InChI is InChI=1S/C9H10N4S/c14-6-5-13-7-11-9(12-13)8-1-3-10-4-2-8/h1-4,7,14H,5-6H2. The second-order valence-electron chi connectivity index (χ2n) is 2.79. The van der Waals surface area contributed by atoms with Crippen LogP contribution in [0.5, 0.6) is 0 Å². The first kappa shape index (κ1) is 9.21. The molecule has 0 saturated carbocycles. The highest BCUT2D eigenvalue weighted by molar-refractivity contribution is 7.80. The van der Waals surface area contributed by atoms with Gasteiger partial charge in [-0.05, 0) is 12.1 Å². The fourth-order valence-corrected chi connectivity index (χ4v) is 1.34. The average molecular weight is 206 g/mol. The monoisotopic (exact) mass is 206 g/mol. The van der Waals surface area contributed by atoms with Gasteiger partial charge in [0.25, 0.3) is 0 Å². The van der Waals surface area contributed by atoms with Crippen molar-refractivity contribution in [1.29, 1.82) is 0 Å². The number of aryl methyl sites for hydroxylation is 1. The van der Waals surface area contributed by atoms with E-state index in [9.17, 15) is 0 Å². The van der Waals surface area contributed by atoms with Crippen molar-refractivity contribution in [3.63, 3.8) is 0 Å². The molecule has 0 bridgehead atoms. The lowest BCUT2D eigenvalue weighted by Crippen LogP contribution is -1.99.